The van der Waals surface area contributed by atoms with Crippen molar-refractivity contribution in [1.29, 1.82) is 0 Å². The molecule has 0 unspecified atom stereocenters. The Balaban J connectivity index is 1.99. The molecular formula is C15H11FN2O3. The van der Waals surface area contributed by atoms with Gasteiger partial charge >= 0.3 is 5.97 Å². The van der Waals surface area contributed by atoms with Crippen LogP contribution >= 0.6 is 0 Å². The fourth-order valence-corrected chi connectivity index (χ4v) is 1.54. The number of carbonyl (C=O) groups is 2. The molecule has 6 heteroatoms. The molecule has 106 valence electrons. The molecule has 1 heterocycles. The Bertz CT molecular complexity index is 696. The van der Waals surface area contributed by atoms with E-state index in [0.717, 1.165) is 6.20 Å². The van der Waals surface area contributed by atoms with Gasteiger partial charge in [-0.25, -0.2) is 14.2 Å². The van der Waals surface area contributed by atoms with E-state index in [4.69, 9.17) is 5.11 Å². The molecule has 0 spiro atoms. The lowest BCUT2D eigenvalue weighted by molar-refractivity contribution is -0.111. The van der Waals surface area contributed by atoms with Gasteiger partial charge in [0.2, 0.25) is 5.91 Å². The van der Waals surface area contributed by atoms with Crippen LogP contribution in [0.1, 0.15) is 15.9 Å². The topological polar surface area (TPSA) is 79.3 Å². The zero-order chi connectivity index (χ0) is 15.2. The lowest BCUT2D eigenvalue weighted by Crippen LogP contribution is -2.09. The van der Waals surface area contributed by atoms with Crippen LogP contribution in [0.5, 0.6) is 0 Å². The molecule has 0 saturated carbocycles. The van der Waals surface area contributed by atoms with Gasteiger partial charge in [-0.1, -0.05) is 12.1 Å². The minimum Gasteiger partial charge on any atom is -0.478 e. The van der Waals surface area contributed by atoms with Crippen molar-refractivity contribution in [2.45, 2.75) is 0 Å². The van der Waals surface area contributed by atoms with Gasteiger partial charge < -0.3 is 10.4 Å². The molecule has 0 aliphatic carbocycles. The molecule has 21 heavy (non-hydrogen) atoms. The van der Waals surface area contributed by atoms with Crippen LogP contribution in [0.15, 0.2) is 48.7 Å². The molecule has 2 N–H and O–H groups in total. The Morgan fingerprint density at radius 1 is 1.24 bits per heavy atom. The molecule has 5 nitrogen and oxygen atoms in total. The molecule has 0 aliphatic heterocycles. The number of rotatable bonds is 4. The number of aromatic carboxylic acids is 1. The molecule has 1 amide bonds. The number of halogens is 1. The Morgan fingerprint density at radius 2 is 2.05 bits per heavy atom. The molecule has 1 aromatic heterocycles. The predicted octanol–water partition coefficient (Wildman–Crippen LogP) is 2.57. The van der Waals surface area contributed by atoms with Crippen molar-refractivity contribution in [2.75, 3.05) is 5.32 Å². The van der Waals surface area contributed by atoms with Crippen molar-refractivity contribution < 1.29 is 19.1 Å². The van der Waals surface area contributed by atoms with Gasteiger partial charge in [0.15, 0.2) is 0 Å². The molecule has 0 fully saturated rings. The van der Waals surface area contributed by atoms with Crippen LogP contribution in [0, 0.1) is 5.82 Å². The van der Waals surface area contributed by atoms with Crippen molar-refractivity contribution >= 4 is 23.8 Å². The van der Waals surface area contributed by atoms with Gasteiger partial charge in [-0.05, 0) is 35.9 Å². The summed E-state index contributed by atoms with van der Waals surface area (Å²) in [5, 5.41) is 11.2. The van der Waals surface area contributed by atoms with Crippen LogP contribution in [0.4, 0.5) is 10.2 Å². The van der Waals surface area contributed by atoms with Gasteiger partial charge in [0.25, 0.3) is 0 Å². The number of nitrogens with zero attached hydrogens (tertiary/aromatic N) is 1. The average Bonchev–Trinajstić information content (AvgIpc) is 2.46. The van der Waals surface area contributed by atoms with Gasteiger partial charge in [-0.3, -0.25) is 4.79 Å². The quantitative estimate of drug-likeness (QED) is 0.847. The van der Waals surface area contributed by atoms with Gasteiger partial charge in [-0.2, -0.15) is 0 Å². The summed E-state index contributed by atoms with van der Waals surface area (Å²) in [6.45, 7) is 0. The second-order valence-corrected chi connectivity index (χ2v) is 4.11. The summed E-state index contributed by atoms with van der Waals surface area (Å²) in [5.41, 5.74) is 0.586. The number of carboxylic acids is 1. The summed E-state index contributed by atoms with van der Waals surface area (Å²) >= 11 is 0. The van der Waals surface area contributed by atoms with E-state index in [1.807, 2.05) is 0 Å². The van der Waals surface area contributed by atoms with E-state index in [9.17, 15) is 14.0 Å². The third-order valence-electron chi connectivity index (χ3n) is 2.54. The van der Waals surface area contributed by atoms with Crippen molar-refractivity contribution in [3.63, 3.8) is 0 Å². The first-order valence-corrected chi connectivity index (χ1v) is 5.98. The molecular weight excluding hydrogens is 275 g/mol. The maximum atomic E-state index is 12.9. The Kier molecular flexibility index (Phi) is 4.40. The highest BCUT2D eigenvalue weighted by Crippen LogP contribution is 2.07. The summed E-state index contributed by atoms with van der Waals surface area (Å²) in [4.78, 5) is 26.1. The highest BCUT2D eigenvalue weighted by Gasteiger charge is 2.04. The van der Waals surface area contributed by atoms with Crippen molar-refractivity contribution in [1.82, 2.24) is 4.98 Å². The first-order valence-electron chi connectivity index (χ1n) is 5.98. The van der Waals surface area contributed by atoms with Crippen LogP contribution in [0.3, 0.4) is 0 Å². The van der Waals surface area contributed by atoms with E-state index in [1.165, 1.54) is 36.4 Å². The third-order valence-corrected chi connectivity index (χ3v) is 2.54. The lowest BCUT2D eigenvalue weighted by Gasteiger charge is -2.01. The number of benzene rings is 1. The second-order valence-electron chi connectivity index (χ2n) is 4.11. The second kappa shape index (κ2) is 6.42. The molecule has 0 radical (unpaired) electrons. The van der Waals surface area contributed by atoms with Crippen molar-refractivity contribution in [3.8, 4) is 0 Å². The summed E-state index contributed by atoms with van der Waals surface area (Å²) in [6, 6.07) is 8.53. The number of aromatic nitrogens is 1. The fourth-order valence-electron chi connectivity index (χ4n) is 1.54. The number of hydrogen-bond acceptors (Lipinski definition) is 3. The van der Waals surface area contributed by atoms with E-state index in [1.54, 1.807) is 12.1 Å². The van der Waals surface area contributed by atoms with Gasteiger partial charge in [0, 0.05) is 12.3 Å². The maximum Gasteiger partial charge on any atom is 0.337 e. The normalized spacial score (nSPS) is 10.5. The van der Waals surface area contributed by atoms with Crippen molar-refractivity contribution in [3.05, 3.63) is 65.6 Å². The maximum absolute atomic E-state index is 12.9. The van der Waals surface area contributed by atoms with Gasteiger partial charge in [0.05, 0.1) is 5.56 Å². The highest BCUT2D eigenvalue weighted by molar-refractivity contribution is 6.01. The number of nitrogens with one attached hydrogen (secondary N) is 1. The summed E-state index contributed by atoms with van der Waals surface area (Å²) in [7, 11) is 0. The smallest absolute Gasteiger partial charge is 0.337 e. The van der Waals surface area contributed by atoms with Crippen LogP contribution in [0.2, 0.25) is 0 Å². The highest BCUT2D eigenvalue weighted by atomic mass is 19.1. The SMILES string of the molecule is O=C(/C=C/c1cccc(F)c1)Nc1ccc(C(=O)O)cn1. The number of pyridine rings is 1. The van der Waals surface area contributed by atoms with Crippen LogP contribution in [-0.2, 0) is 4.79 Å². The minimum absolute atomic E-state index is 0.0308. The molecule has 1 aromatic carbocycles. The lowest BCUT2D eigenvalue weighted by atomic mass is 10.2. The van der Waals surface area contributed by atoms with E-state index in [-0.39, 0.29) is 17.2 Å². The largest absolute Gasteiger partial charge is 0.478 e. The monoisotopic (exact) mass is 286 g/mol. The van der Waals surface area contributed by atoms with E-state index in [0.29, 0.717) is 5.56 Å². The summed E-state index contributed by atoms with van der Waals surface area (Å²) in [5.74, 6) is -1.70. The van der Waals surface area contributed by atoms with Gasteiger partial charge in [0.1, 0.15) is 11.6 Å². The minimum atomic E-state index is -1.09. The van der Waals surface area contributed by atoms with Gasteiger partial charge in [-0.15, -0.1) is 0 Å². The number of amides is 1. The molecule has 0 atom stereocenters. The van der Waals surface area contributed by atoms with Crippen molar-refractivity contribution in [2.24, 2.45) is 0 Å². The molecule has 2 rings (SSSR count). The van der Waals surface area contributed by atoms with Crippen LogP contribution in [-0.4, -0.2) is 22.0 Å². The first-order chi connectivity index (χ1) is 10.0. The summed E-state index contributed by atoms with van der Waals surface area (Å²) in [6.07, 6.45) is 3.85. The zero-order valence-electron chi connectivity index (χ0n) is 10.8. The average molecular weight is 286 g/mol. The third kappa shape index (κ3) is 4.24. The zero-order valence-corrected chi connectivity index (χ0v) is 10.8. The van der Waals surface area contributed by atoms with Crippen LogP contribution in [0.25, 0.3) is 6.08 Å². The Hall–Kier alpha value is -3.02. The van der Waals surface area contributed by atoms with E-state index < -0.39 is 11.9 Å². The van der Waals surface area contributed by atoms with E-state index in [2.05, 4.69) is 10.3 Å². The Morgan fingerprint density at radius 3 is 2.67 bits per heavy atom. The Labute approximate surface area is 119 Å². The van der Waals surface area contributed by atoms with Crippen LogP contribution < -0.4 is 5.32 Å². The number of hydrogen-bond donors (Lipinski definition) is 2. The molecule has 0 aliphatic rings. The molecule has 0 bridgehead atoms. The predicted molar refractivity (Wildman–Crippen MR) is 75.3 cm³/mol. The molecule has 0 saturated heterocycles. The molecule has 2 aromatic rings. The summed E-state index contributed by atoms with van der Waals surface area (Å²) < 4.78 is 12.9. The number of carboxylic acid groups (broad SMARTS) is 1. The number of carbonyl (C=O) groups excluding carboxylic acids is 1. The van der Waals surface area contributed by atoms with E-state index >= 15 is 0 Å². The first kappa shape index (κ1) is 14.4. The standard InChI is InChI=1S/C15H11FN2O3/c16-12-3-1-2-10(8-12)4-7-14(19)18-13-6-5-11(9-17-13)15(20)21/h1-9H,(H,20,21)(H,17,18,19)/b7-4+. The fraction of sp³-hybridized carbons (Fsp3) is 0. The number of anilines is 1.